The molecule has 0 amide bonds. The molecule has 13 N–H and O–H groups in total. The van der Waals surface area contributed by atoms with Crippen molar-refractivity contribution in [3.8, 4) is 0 Å². The van der Waals surface area contributed by atoms with Gasteiger partial charge in [0.1, 0.15) is 70.2 Å². The number of aliphatic hydroxyl groups excluding tert-OH is 7. The Hall–Kier alpha value is 3.48. The maximum Gasteiger partial charge on any atom is 0.338 e. The molecule has 119 heavy (non-hydrogen) atoms. The number of alkyl halides is 1. The number of carbonyl (C=O) groups is 6. The molecule has 12 aliphatic rings. The Morgan fingerprint density at radius 3 is 1.04 bits per heavy atom. The number of hydrogen-bond donors (Lipinski definition) is 13. The van der Waals surface area contributed by atoms with Crippen LogP contribution in [-0.2, 0) is 42.8 Å². The van der Waals surface area contributed by atoms with E-state index in [-0.39, 0.29) is 364 Å². The van der Waals surface area contributed by atoms with Crippen LogP contribution in [0.15, 0.2) is 124 Å². The first-order valence-corrected chi connectivity index (χ1v) is 41.9. The van der Waals surface area contributed by atoms with Crippen molar-refractivity contribution in [2.75, 3.05) is 31.0 Å². The van der Waals surface area contributed by atoms with Crippen LogP contribution in [0, 0.1) is 321 Å². The van der Waals surface area contributed by atoms with Crippen molar-refractivity contribution < 1.29 is 388 Å². The molecular formula is C85H111Ac6IO25S2. The third-order valence-electron chi connectivity index (χ3n) is 29.3. The Labute approximate surface area is 934 Å². The van der Waals surface area contributed by atoms with E-state index in [0.29, 0.717) is 27.3 Å². The van der Waals surface area contributed by atoms with Gasteiger partial charge in [-0.05, 0) is 128 Å². The van der Waals surface area contributed by atoms with Crippen molar-refractivity contribution in [3.63, 3.8) is 0 Å². The molecule has 3 aliphatic heterocycles. The van der Waals surface area contributed by atoms with Crippen molar-refractivity contribution >= 4 is 86.0 Å². The summed E-state index contributed by atoms with van der Waals surface area (Å²) >= 11 is 9.17. The van der Waals surface area contributed by atoms with Crippen molar-refractivity contribution in [1.29, 1.82) is 0 Å². The Morgan fingerprint density at radius 2 is 0.731 bits per heavy atom. The zero-order chi connectivity index (χ0) is 82.7. The Kier molecular flexibility index (Phi) is 39.3. The van der Waals surface area contributed by atoms with Crippen LogP contribution < -0.4 is 0 Å². The largest absolute Gasteiger partial charge is 0.455 e. The number of carbonyl (C=O) groups excluding carboxylic acids is 6. The first kappa shape index (κ1) is 113. The second kappa shape index (κ2) is 41.4. The number of halogens is 1. The number of Topliss-reactive ketones (excluding diaryl/α,β-unsaturated/α-hetero) is 3. The zero-order valence-corrected chi connectivity index (χ0v) is 101. The quantitative estimate of drug-likeness (QED) is 0.0313. The van der Waals surface area contributed by atoms with E-state index in [2.05, 4.69) is 22.6 Å². The van der Waals surface area contributed by atoms with Crippen LogP contribution in [0.5, 0.6) is 0 Å². The number of fused-ring (bicyclic) bond motifs is 15. The number of thiocarbonyl (C=S) groups is 1. The van der Waals surface area contributed by atoms with Gasteiger partial charge >= 0.3 is 17.9 Å². The molecule has 9 fully saturated rings. The number of ether oxygens (including phenoxy) is 6. The molecule has 3 heterocycles. The predicted molar refractivity (Wildman–Crippen MR) is 426 cm³/mol. The number of thioether (sulfide) groups is 1. The van der Waals surface area contributed by atoms with Crippen molar-refractivity contribution in [2.24, 2.45) is 56.2 Å². The number of hydrogen-bond acceptors (Lipinski definition) is 27. The average Bonchev–Trinajstić information content (AvgIpc) is 0.679. The maximum atomic E-state index is 14.5. The van der Waals surface area contributed by atoms with E-state index < -0.39 is 204 Å². The van der Waals surface area contributed by atoms with Gasteiger partial charge in [0.15, 0.2) is 17.3 Å². The molecule has 25 nitrogen and oxygen atoms in total. The van der Waals surface area contributed by atoms with E-state index in [0.717, 1.165) is 0 Å². The van der Waals surface area contributed by atoms with Gasteiger partial charge in [0, 0.05) is 341 Å². The van der Waals surface area contributed by atoms with Gasteiger partial charge in [-0.25, -0.2) is 14.4 Å². The summed E-state index contributed by atoms with van der Waals surface area (Å²) in [6.07, 6.45) is -14.5. The summed E-state index contributed by atoms with van der Waals surface area (Å²) in [5, 5.41) is 152. The van der Waals surface area contributed by atoms with Crippen LogP contribution in [0.4, 0.5) is 0 Å². The van der Waals surface area contributed by atoms with Crippen LogP contribution in [0.25, 0.3) is 0 Å². The summed E-state index contributed by atoms with van der Waals surface area (Å²) in [5.74, 6) is -8.32. The van der Waals surface area contributed by atoms with E-state index in [4.69, 9.17) is 40.6 Å². The molecule has 3 aromatic rings. The summed E-state index contributed by atoms with van der Waals surface area (Å²) < 4.78 is 35.7. The second-order valence-corrected chi connectivity index (χ2v) is 36.9. The molecule has 9 aliphatic carbocycles. The SMILES string of the molecule is C.CC1=C2C(O)C(=O)[C@]3(C)C(O)CC4OC[C@@]4(O)C3C(OC(=O)c3ccccc3)C(O)(CC1O)C2(C)C.CC1=C2C(O)C(=O)[C@]3(C)CCC4OC[C@@]4(O)C3C(OC(=O)c3ccccc3)C(O)(CC1O)C2(C)C.CI.CSC(=S)[C@H]1CC2OC[C@@]2(O)C2C(OC(=O)c3ccccc3)C3(O)CC(O)C(C)=C(C(O)C(=O)[C@@]21C)C3(C)C.[Ac].[Ac].[Ac].[Ac].[Ac].[Ac]. The van der Waals surface area contributed by atoms with Gasteiger partial charge in [0.05, 0.1) is 88.9 Å². The van der Waals surface area contributed by atoms with Gasteiger partial charge < -0.3 is 94.8 Å². The topological polar surface area (TPSA) is 421 Å². The molecule has 34 heteroatoms. The molecule has 6 bridgehead atoms. The van der Waals surface area contributed by atoms with Gasteiger partial charge in [0.25, 0.3) is 0 Å². The Bertz CT molecular complexity index is 4380. The third-order valence-corrected chi connectivity index (χ3v) is 30.8. The standard InChI is InChI=1S/C29H36O8S2.C27H34O9.C27H34O8.CH3I.CH4.6Ac/c1-14-17(30)12-29(35)23(37-24(33)15-9-7-6-8-10-15)21-27(4,22(32)20(31)19(14)26(29,2)3)16(25(38)39-5)11-18-28(21,34)13-36-18;1-13-15(28)11-27(34)22(36-23(32)14-8-6-5-7-9-14)20-25(4,16(29)10-17-26(20,33)12-35-17)21(31)19(30)18(13)24(27,2)3;1-14-16(28)12-27(33)22(35-23(31)15-8-6-5-7-9-15)20-25(4,11-10-17-26(20,32)13-34-17)21(30)19(29)18(14)24(27,2)3;1-2;;;;;;;/h6-10,16-18,20-21,23,30-31,34-35H,11-13H2,1-5H3;5-9,15-17,19-20,22,28-30,33-34H,10-12H2,1-4H3;5-9,16-17,19-20,22,28-29,32-33H,10-13H2,1-4H3;1H3;1H4;;;;;;/t16-,17?,18?,20?,21?,23?,27-,28+,29?;15?,16?,17?,19?,20?,22?,25-,26+,27?;16?,17?,19?,20?,22?,25-,26+,27?;;;;;;;;/m111......../s1. The van der Waals surface area contributed by atoms with Gasteiger partial charge in [0.2, 0.25) is 0 Å². The van der Waals surface area contributed by atoms with Gasteiger partial charge in [-0.1, -0.05) is 152 Å². The number of ketones is 3. The van der Waals surface area contributed by atoms with Crippen LogP contribution >= 0.6 is 46.6 Å². The first-order chi connectivity index (χ1) is 52.2. The zero-order valence-electron chi connectivity index (χ0n) is 68.9. The summed E-state index contributed by atoms with van der Waals surface area (Å²) in [4.78, 5) is 84.8. The molecule has 26 atom stereocenters. The number of rotatable bonds is 7. The van der Waals surface area contributed by atoms with E-state index in [1.54, 1.807) is 173 Å². The Morgan fingerprint density at radius 1 is 0.445 bits per heavy atom. The van der Waals surface area contributed by atoms with Crippen LogP contribution in [0.3, 0.4) is 0 Å². The smallest absolute Gasteiger partial charge is 0.338 e. The van der Waals surface area contributed by atoms with Crippen molar-refractivity contribution in [2.45, 2.75) is 248 Å². The molecule has 15 rings (SSSR count). The third kappa shape index (κ3) is 17.9. The number of benzene rings is 3. The summed E-state index contributed by atoms with van der Waals surface area (Å²) in [5.41, 5.74) is -17.0. The van der Waals surface area contributed by atoms with Crippen molar-refractivity contribution in [3.05, 3.63) is 141 Å². The van der Waals surface area contributed by atoms with Crippen molar-refractivity contribution in [1.82, 2.24) is 0 Å². The minimum atomic E-state index is -2.02. The average molecular weight is 3090 g/mol. The van der Waals surface area contributed by atoms with Gasteiger partial charge in [-0.2, -0.15) is 0 Å². The van der Waals surface area contributed by atoms with E-state index in [1.165, 1.54) is 18.7 Å². The van der Waals surface area contributed by atoms with Crippen LogP contribution in [-0.4, -0.2) is 250 Å². The normalized spacial score (nSPS) is 40.9. The second-order valence-electron chi connectivity index (χ2n) is 35.4. The molecule has 0 aromatic heterocycles. The molecule has 638 valence electrons. The molecule has 6 saturated carbocycles. The maximum absolute atomic E-state index is 14.5. The van der Waals surface area contributed by atoms with E-state index in [9.17, 15) is 95.2 Å². The molecule has 6 radical (unpaired) electrons. The molecular weight excluding hydrogens is 2970 g/mol. The fourth-order valence-electron chi connectivity index (χ4n) is 22.3. The van der Waals surface area contributed by atoms with Gasteiger partial charge in [-0.15, -0.1) is 11.8 Å². The molecule has 19 unspecified atom stereocenters. The minimum absolute atomic E-state index is 0. The predicted octanol–water partition coefficient (Wildman–Crippen LogP) is 6.20. The van der Waals surface area contributed by atoms with E-state index >= 15 is 0 Å². The van der Waals surface area contributed by atoms with Crippen LogP contribution in [0.1, 0.15) is 167 Å². The monoisotopic (exact) mass is 3080 g/mol. The Balaban J connectivity index is 0.000000306. The number of aliphatic hydroxyl groups is 13. The molecule has 3 aromatic carbocycles. The minimum Gasteiger partial charge on any atom is -0.455 e. The summed E-state index contributed by atoms with van der Waals surface area (Å²) in [7, 11) is 0. The molecule has 0 spiro atoms. The fourth-order valence-corrected chi connectivity index (χ4v) is 23.3. The summed E-state index contributed by atoms with van der Waals surface area (Å²) in [6, 6.07) is 24.7. The summed E-state index contributed by atoms with van der Waals surface area (Å²) in [6.45, 7) is 19.2. The first-order valence-electron chi connectivity index (χ1n) is 38.1. The van der Waals surface area contributed by atoms with Gasteiger partial charge in [-0.3, -0.25) is 14.4 Å². The number of esters is 3. The molecule has 3 saturated heterocycles. The van der Waals surface area contributed by atoms with E-state index in [1.807, 2.05) is 4.93 Å². The fraction of sp³-hybridized carbons (Fsp3) is 0.635. The van der Waals surface area contributed by atoms with Crippen LogP contribution in [0.2, 0.25) is 0 Å².